The predicted octanol–water partition coefficient (Wildman–Crippen LogP) is 7.49. The first-order valence-corrected chi connectivity index (χ1v) is 9.55. The molecule has 0 saturated carbocycles. The zero-order chi connectivity index (χ0) is 18.8. The van der Waals surface area contributed by atoms with Crippen LogP contribution in [0.25, 0.3) is 55.0 Å². The largest absolute Gasteiger partial charge is 0.456 e. The Labute approximate surface area is 162 Å². The lowest BCUT2D eigenvalue weighted by molar-refractivity contribution is 0.641. The second-order valence-corrected chi connectivity index (χ2v) is 7.38. The van der Waals surface area contributed by atoms with E-state index in [1.54, 1.807) is 0 Å². The van der Waals surface area contributed by atoms with Crippen LogP contribution in [-0.4, -0.2) is 0 Å². The van der Waals surface area contributed by atoms with E-state index in [0.717, 1.165) is 68.2 Å². The quantitative estimate of drug-likeness (QED) is 0.184. The molecule has 0 radical (unpaired) electrons. The normalized spacial score (nSPS) is 12.1. The van der Waals surface area contributed by atoms with Crippen LogP contribution in [0.5, 0.6) is 0 Å². The van der Waals surface area contributed by atoms with Crippen LogP contribution in [0.3, 0.4) is 0 Å². The fraction of sp³-hybridized carbons (Fsp3) is 0.0769. The lowest BCUT2D eigenvalue weighted by Crippen LogP contribution is -1.99. The van der Waals surface area contributed by atoms with Crippen molar-refractivity contribution in [2.75, 3.05) is 0 Å². The Morgan fingerprint density at radius 3 is 1.57 bits per heavy atom. The van der Waals surface area contributed by atoms with Crippen LogP contribution in [0.15, 0.2) is 82.7 Å². The molecule has 2 nitrogen and oxygen atoms in total. The third kappa shape index (κ3) is 1.87. The first kappa shape index (κ1) is 15.5. The average Bonchev–Trinajstić information content (AvgIpc) is 2.71. The summed E-state index contributed by atoms with van der Waals surface area (Å²) in [5, 5.41) is 4.60. The maximum Gasteiger partial charge on any atom is 0.139 e. The molecule has 0 spiro atoms. The number of hydrogen-bond acceptors (Lipinski definition) is 2. The fourth-order valence-corrected chi connectivity index (χ4v) is 4.64. The highest BCUT2D eigenvalue weighted by Crippen LogP contribution is 2.50. The van der Waals surface area contributed by atoms with Gasteiger partial charge in [-0.2, -0.15) is 0 Å². The van der Waals surface area contributed by atoms with Crippen molar-refractivity contribution in [3.63, 3.8) is 0 Å². The molecule has 28 heavy (non-hydrogen) atoms. The molecule has 4 aromatic rings. The van der Waals surface area contributed by atoms with Gasteiger partial charge >= 0.3 is 0 Å². The third-order valence-corrected chi connectivity index (χ3v) is 5.72. The molecule has 0 unspecified atom stereocenters. The highest BCUT2D eigenvalue weighted by molar-refractivity contribution is 6.24. The van der Waals surface area contributed by atoms with Gasteiger partial charge in [0.25, 0.3) is 0 Å². The van der Waals surface area contributed by atoms with Gasteiger partial charge in [0, 0.05) is 21.9 Å². The number of benzene rings is 4. The molecule has 0 amide bonds. The number of allylic oxidation sites excluding steroid dienone is 2. The van der Waals surface area contributed by atoms with E-state index in [1.807, 2.05) is 24.3 Å². The van der Waals surface area contributed by atoms with Crippen LogP contribution in [0.2, 0.25) is 0 Å². The van der Waals surface area contributed by atoms with E-state index in [1.165, 1.54) is 10.8 Å². The summed E-state index contributed by atoms with van der Waals surface area (Å²) >= 11 is 0. The van der Waals surface area contributed by atoms with Gasteiger partial charge in [0.2, 0.25) is 0 Å². The van der Waals surface area contributed by atoms with Gasteiger partial charge in [-0.15, -0.1) is 13.2 Å². The van der Waals surface area contributed by atoms with Crippen molar-refractivity contribution < 1.29 is 8.83 Å². The molecule has 0 fully saturated rings. The first-order valence-electron chi connectivity index (χ1n) is 9.55. The van der Waals surface area contributed by atoms with E-state index in [4.69, 9.17) is 8.83 Å². The fourth-order valence-electron chi connectivity index (χ4n) is 4.64. The van der Waals surface area contributed by atoms with Gasteiger partial charge in [-0.05, 0) is 59.0 Å². The molecule has 0 N–H and O–H groups in total. The number of rotatable bonds is 4. The van der Waals surface area contributed by atoms with Crippen molar-refractivity contribution in [1.82, 2.24) is 0 Å². The van der Waals surface area contributed by atoms with Gasteiger partial charge in [0.05, 0.1) is 0 Å². The molecular formula is C26H18O2. The van der Waals surface area contributed by atoms with Crippen LogP contribution in [-0.2, 0) is 12.8 Å². The molecule has 2 heteroatoms. The molecule has 6 rings (SSSR count). The minimum atomic E-state index is 0.760. The number of hydrogen-bond donors (Lipinski definition) is 0. The molecule has 0 atom stereocenters. The molecule has 2 aliphatic heterocycles. The van der Waals surface area contributed by atoms with Crippen molar-refractivity contribution >= 4 is 43.9 Å². The Morgan fingerprint density at radius 2 is 1.14 bits per heavy atom. The zero-order valence-electron chi connectivity index (χ0n) is 15.4. The van der Waals surface area contributed by atoms with E-state index >= 15 is 0 Å². The van der Waals surface area contributed by atoms with Crippen molar-refractivity contribution in [1.29, 1.82) is 0 Å². The third-order valence-electron chi connectivity index (χ3n) is 5.72. The summed E-state index contributed by atoms with van der Waals surface area (Å²) in [7, 11) is 0. The van der Waals surface area contributed by atoms with Crippen molar-refractivity contribution in [3.05, 3.63) is 85.0 Å². The van der Waals surface area contributed by atoms with Gasteiger partial charge in [-0.3, -0.25) is 0 Å². The lowest BCUT2D eigenvalue weighted by atomic mass is 9.86. The molecule has 0 saturated heterocycles. The molecule has 134 valence electrons. The minimum absolute atomic E-state index is 0.760. The summed E-state index contributed by atoms with van der Waals surface area (Å²) in [5.41, 5.74) is 8.25. The smallest absolute Gasteiger partial charge is 0.139 e. The Hall–Kier alpha value is -3.52. The molecular weight excluding hydrogens is 344 g/mol. The van der Waals surface area contributed by atoms with Gasteiger partial charge in [0.1, 0.15) is 22.3 Å². The van der Waals surface area contributed by atoms with Gasteiger partial charge in [-0.1, -0.05) is 36.4 Å². The van der Waals surface area contributed by atoms with E-state index in [2.05, 4.69) is 49.6 Å². The molecule has 0 aliphatic carbocycles. The van der Waals surface area contributed by atoms with E-state index in [-0.39, 0.29) is 0 Å². The summed E-state index contributed by atoms with van der Waals surface area (Å²) < 4.78 is 13.0. The van der Waals surface area contributed by atoms with Crippen molar-refractivity contribution in [3.8, 4) is 11.1 Å². The molecule has 0 bridgehead atoms. The molecule has 0 aromatic heterocycles. The predicted molar refractivity (Wildman–Crippen MR) is 117 cm³/mol. The summed E-state index contributed by atoms with van der Waals surface area (Å²) in [6.07, 6.45) is 5.39. The summed E-state index contributed by atoms with van der Waals surface area (Å²) in [6.45, 7) is 7.89. The monoisotopic (exact) mass is 362 g/mol. The molecule has 4 aromatic carbocycles. The standard InChI is InChI=1S/C26H18O2/c1-3-7-17-13-15-9-5-12-20-21(15)23-24-22-16(10-6-11-19(22)27-25(17)23)14-18(8-4-2)26(24)28-20/h3-6,9-14H,1-2,7-8H2. The first-order chi connectivity index (χ1) is 13.8. The maximum atomic E-state index is 6.50. The molecule has 2 aliphatic rings. The second-order valence-electron chi connectivity index (χ2n) is 7.38. The Morgan fingerprint density at radius 1 is 0.679 bits per heavy atom. The van der Waals surface area contributed by atoms with Gasteiger partial charge < -0.3 is 8.83 Å². The van der Waals surface area contributed by atoms with Crippen LogP contribution in [0.4, 0.5) is 0 Å². The van der Waals surface area contributed by atoms with Crippen LogP contribution in [0, 0.1) is 0 Å². The summed E-state index contributed by atoms with van der Waals surface area (Å²) in [4.78, 5) is 0. The minimum Gasteiger partial charge on any atom is -0.456 e. The Balaban J connectivity index is 1.98. The van der Waals surface area contributed by atoms with Crippen molar-refractivity contribution in [2.45, 2.75) is 12.8 Å². The average molecular weight is 362 g/mol. The lowest BCUT2D eigenvalue weighted by Gasteiger charge is -2.22. The Bertz CT molecular complexity index is 1380. The SMILES string of the molecule is C=CCc1cc2cccc3oc4c(CC=C)cc5cccc6oc1c(c23)-c4c56. The second kappa shape index (κ2) is 5.49. The zero-order valence-corrected chi connectivity index (χ0v) is 15.4. The van der Waals surface area contributed by atoms with Gasteiger partial charge in [-0.25, -0.2) is 0 Å². The van der Waals surface area contributed by atoms with Gasteiger partial charge in [0.15, 0.2) is 0 Å². The Kier molecular flexibility index (Phi) is 3.05. The van der Waals surface area contributed by atoms with E-state index < -0.39 is 0 Å². The maximum absolute atomic E-state index is 6.50. The van der Waals surface area contributed by atoms with Crippen molar-refractivity contribution in [2.24, 2.45) is 0 Å². The molecule has 2 heterocycles. The highest BCUT2D eigenvalue weighted by atomic mass is 16.3. The van der Waals surface area contributed by atoms with E-state index in [9.17, 15) is 0 Å². The van der Waals surface area contributed by atoms with Crippen LogP contribution < -0.4 is 0 Å². The van der Waals surface area contributed by atoms with Crippen LogP contribution in [0.1, 0.15) is 11.1 Å². The summed E-state index contributed by atoms with van der Waals surface area (Å²) in [6, 6.07) is 16.9. The summed E-state index contributed by atoms with van der Waals surface area (Å²) in [5.74, 6) is 0. The highest BCUT2D eigenvalue weighted by Gasteiger charge is 2.27. The van der Waals surface area contributed by atoms with E-state index in [0.29, 0.717) is 0 Å². The topological polar surface area (TPSA) is 26.3 Å². The van der Waals surface area contributed by atoms with Crippen LogP contribution >= 0.6 is 0 Å².